The Labute approximate surface area is 112 Å². The van der Waals surface area contributed by atoms with Crippen LogP contribution in [0.3, 0.4) is 0 Å². The van der Waals surface area contributed by atoms with Gasteiger partial charge in [-0.3, -0.25) is 9.48 Å². The van der Waals surface area contributed by atoms with Crippen LogP contribution in [0.15, 0.2) is 42.7 Å². The molecular weight excluding hydrogens is 240 g/mol. The average Bonchev–Trinajstić information content (AvgIpc) is 2.89. The fourth-order valence-electron chi connectivity index (χ4n) is 1.77. The molecule has 0 fully saturated rings. The first-order valence-electron chi connectivity index (χ1n) is 6.23. The van der Waals surface area contributed by atoms with Crippen LogP contribution in [0.1, 0.15) is 18.1 Å². The zero-order chi connectivity index (χ0) is 13.7. The van der Waals surface area contributed by atoms with Crippen molar-refractivity contribution in [1.29, 1.82) is 0 Å². The highest BCUT2D eigenvalue weighted by atomic mass is 16.2. The maximum Gasteiger partial charge on any atom is 0.236 e. The molecule has 0 aliphatic carbocycles. The van der Waals surface area contributed by atoms with Crippen LogP contribution in [0, 0.1) is 0 Å². The van der Waals surface area contributed by atoms with Crippen LogP contribution in [0.4, 0.5) is 0 Å². The van der Waals surface area contributed by atoms with Gasteiger partial charge in [0.1, 0.15) is 0 Å². The van der Waals surface area contributed by atoms with E-state index in [1.165, 1.54) is 0 Å². The molecule has 0 aliphatic rings. The first-order valence-corrected chi connectivity index (χ1v) is 6.23. The van der Waals surface area contributed by atoms with Gasteiger partial charge in [-0.15, -0.1) is 0 Å². The van der Waals surface area contributed by atoms with Crippen LogP contribution in [0.25, 0.3) is 0 Å². The molecule has 1 unspecified atom stereocenters. The van der Waals surface area contributed by atoms with Gasteiger partial charge >= 0.3 is 0 Å². The van der Waals surface area contributed by atoms with Crippen molar-refractivity contribution in [2.24, 2.45) is 5.73 Å². The van der Waals surface area contributed by atoms with Gasteiger partial charge < -0.3 is 11.1 Å². The van der Waals surface area contributed by atoms with Crippen molar-refractivity contribution in [2.75, 3.05) is 0 Å². The second-order valence-corrected chi connectivity index (χ2v) is 4.53. The molecule has 0 spiro atoms. The fourth-order valence-corrected chi connectivity index (χ4v) is 1.77. The van der Waals surface area contributed by atoms with Gasteiger partial charge in [0.15, 0.2) is 0 Å². The van der Waals surface area contributed by atoms with Crippen molar-refractivity contribution in [3.8, 4) is 0 Å². The smallest absolute Gasteiger partial charge is 0.236 e. The Balaban J connectivity index is 1.97. The van der Waals surface area contributed by atoms with Crippen molar-refractivity contribution in [1.82, 2.24) is 15.1 Å². The summed E-state index contributed by atoms with van der Waals surface area (Å²) in [5.41, 5.74) is 7.70. The van der Waals surface area contributed by atoms with E-state index in [2.05, 4.69) is 16.5 Å². The maximum absolute atomic E-state index is 11.4. The molecule has 5 heteroatoms. The van der Waals surface area contributed by atoms with E-state index in [1.54, 1.807) is 13.1 Å². The maximum atomic E-state index is 11.4. The van der Waals surface area contributed by atoms with E-state index in [0.29, 0.717) is 6.54 Å². The van der Waals surface area contributed by atoms with Gasteiger partial charge in [-0.2, -0.15) is 5.10 Å². The number of hydrogen-bond donors (Lipinski definition) is 2. The minimum Gasteiger partial charge on any atom is -0.351 e. The van der Waals surface area contributed by atoms with Gasteiger partial charge in [0.05, 0.1) is 12.6 Å². The lowest BCUT2D eigenvalue weighted by Gasteiger charge is -2.09. The summed E-state index contributed by atoms with van der Waals surface area (Å²) >= 11 is 0. The molecular formula is C14H18N4O. The zero-order valence-electron chi connectivity index (χ0n) is 10.9. The van der Waals surface area contributed by atoms with E-state index in [4.69, 9.17) is 5.73 Å². The monoisotopic (exact) mass is 258 g/mol. The molecule has 0 aliphatic heterocycles. The summed E-state index contributed by atoms with van der Waals surface area (Å²) in [5, 5.41) is 6.97. The first-order chi connectivity index (χ1) is 9.15. The molecule has 1 heterocycles. The summed E-state index contributed by atoms with van der Waals surface area (Å²) in [6.07, 6.45) is 3.68. The minimum atomic E-state index is -0.479. The van der Waals surface area contributed by atoms with Crippen molar-refractivity contribution in [2.45, 2.75) is 26.1 Å². The Morgan fingerprint density at radius 2 is 2.21 bits per heavy atom. The number of aromatic nitrogens is 2. The SMILES string of the molecule is CC(N)C(=O)NCc1cccc(Cn2cccn2)c1. The second-order valence-electron chi connectivity index (χ2n) is 4.53. The number of benzene rings is 1. The van der Waals surface area contributed by atoms with Crippen molar-refractivity contribution >= 4 is 5.91 Å². The molecule has 100 valence electrons. The predicted molar refractivity (Wildman–Crippen MR) is 73.3 cm³/mol. The predicted octanol–water partition coefficient (Wildman–Crippen LogP) is 0.895. The Morgan fingerprint density at radius 1 is 1.42 bits per heavy atom. The molecule has 0 bridgehead atoms. The summed E-state index contributed by atoms with van der Waals surface area (Å²) in [5.74, 6) is -0.141. The van der Waals surface area contributed by atoms with E-state index >= 15 is 0 Å². The van der Waals surface area contributed by atoms with Crippen LogP contribution >= 0.6 is 0 Å². The number of carbonyl (C=O) groups is 1. The number of nitrogens with two attached hydrogens (primary N) is 1. The summed E-state index contributed by atoms with van der Waals surface area (Å²) in [4.78, 5) is 11.4. The molecule has 1 amide bonds. The lowest BCUT2D eigenvalue weighted by atomic mass is 10.1. The molecule has 1 aromatic heterocycles. The molecule has 0 saturated heterocycles. The minimum absolute atomic E-state index is 0.141. The third-order valence-electron chi connectivity index (χ3n) is 2.78. The number of rotatable bonds is 5. The van der Waals surface area contributed by atoms with Crippen LogP contribution in [-0.4, -0.2) is 21.7 Å². The van der Waals surface area contributed by atoms with Gasteiger partial charge in [0.2, 0.25) is 5.91 Å². The fraction of sp³-hybridized carbons (Fsp3) is 0.286. The first kappa shape index (κ1) is 13.3. The highest BCUT2D eigenvalue weighted by Gasteiger charge is 2.06. The molecule has 1 aromatic carbocycles. The third kappa shape index (κ3) is 3.93. The normalized spacial score (nSPS) is 12.1. The number of nitrogens with zero attached hydrogens (tertiary/aromatic N) is 2. The Hall–Kier alpha value is -2.14. The van der Waals surface area contributed by atoms with Crippen LogP contribution in [0.5, 0.6) is 0 Å². The second kappa shape index (κ2) is 6.15. The van der Waals surface area contributed by atoms with Gasteiger partial charge in [-0.05, 0) is 24.1 Å². The standard InChI is InChI=1S/C14H18N4O/c1-11(15)14(19)16-9-12-4-2-5-13(8-12)10-18-7-3-6-17-18/h2-8,11H,9-10,15H2,1H3,(H,16,19). The topological polar surface area (TPSA) is 72.9 Å². The van der Waals surface area contributed by atoms with E-state index in [0.717, 1.165) is 17.7 Å². The Bertz CT molecular complexity index is 534. The molecule has 3 N–H and O–H groups in total. The van der Waals surface area contributed by atoms with E-state index in [9.17, 15) is 4.79 Å². The summed E-state index contributed by atoms with van der Waals surface area (Å²) < 4.78 is 1.86. The van der Waals surface area contributed by atoms with Gasteiger partial charge in [-0.25, -0.2) is 0 Å². The average molecular weight is 258 g/mol. The van der Waals surface area contributed by atoms with Gasteiger partial charge in [-0.1, -0.05) is 24.3 Å². The molecule has 2 rings (SSSR count). The van der Waals surface area contributed by atoms with Crippen molar-refractivity contribution in [3.05, 3.63) is 53.9 Å². The number of amides is 1. The molecule has 0 radical (unpaired) electrons. The van der Waals surface area contributed by atoms with E-state index in [-0.39, 0.29) is 5.91 Å². The van der Waals surface area contributed by atoms with Crippen LogP contribution < -0.4 is 11.1 Å². The molecule has 5 nitrogen and oxygen atoms in total. The van der Waals surface area contributed by atoms with E-state index < -0.39 is 6.04 Å². The Morgan fingerprint density at radius 3 is 2.89 bits per heavy atom. The number of carbonyl (C=O) groups excluding carboxylic acids is 1. The quantitative estimate of drug-likeness (QED) is 0.836. The lowest BCUT2D eigenvalue weighted by molar-refractivity contribution is -0.122. The molecule has 1 atom stereocenters. The highest BCUT2D eigenvalue weighted by molar-refractivity contribution is 5.80. The van der Waals surface area contributed by atoms with Gasteiger partial charge in [0.25, 0.3) is 0 Å². The van der Waals surface area contributed by atoms with Crippen LogP contribution in [0.2, 0.25) is 0 Å². The Kier molecular flexibility index (Phi) is 4.30. The van der Waals surface area contributed by atoms with Gasteiger partial charge in [0, 0.05) is 18.9 Å². The highest BCUT2D eigenvalue weighted by Crippen LogP contribution is 2.07. The summed E-state index contributed by atoms with van der Waals surface area (Å²) in [6.45, 7) is 2.89. The van der Waals surface area contributed by atoms with Crippen LogP contribution in [-0.2, 0) is 17.9 Å². The molecule has 0 saturated carbocycles. The zero-order valence-corrected chi connectivity index (χ0v) is 10.9. The molecule has 19 heavy (non-hydrogen) atoms. The number of nitrogens with one attached hydrogen (secondary N) is 1. The number of hydrogen-bond acceptors (Lipinski definition) is 3. The largest absolute Gasteiger partial charge is 0.351 e. The lowest BCUT2D eigenvalue weighted by Crippen LogP contribution is -2.37. The molecule has 2 aromatic rings. The van der Waals surface area contributed by atoms with Crippen molar-refractivity contribution < 1.29 is 4.79 Å². The van der Waals surface area contributed by atoms with E-state index in [1.807, 2.05) is 35.1 Å². The van der Waals surface area contributed by atoms with Crippen molar-refractivity contribution in [3.63, 3.8) is 0 Å². The summed E-state index contributed by atoms with van der Waals surface area (Å²) in [7, 11) is 0. The third-order valence-corrected chi connectivity index (χ3v) is 2.78. The summed E-state index contributed by atoms with van der Waals surface area (Å²) in [6, 6.07) is 9.47.